The molecular weight excluding hydrogens is 350 g/mol. The van der Waals surface area contributed by atoms with E-state index in [2.05, 4.69) is 55.7 Å². The minimum absolute atomic E-state index is 0.184. The van der Waals surface area contributed by atoms with Gasteiger partial charge in [0.1, 0.15) is 0 Å². The molecule has 0 N–H and O–H groups in total. The van der Waals surface area contributed by atoms with Crippen molar-refractivity contribution >= 4 is 21.8 Å². The summed E-state index contributed by atoms with van der Waals surface area (Å²) in [6.07, 6.45) is 0. The first-order valence-corrected chi connectivity index (χ1v) is 9.82. The van der Waals surface area contributed by atoms with Crippen LogP contribution in [0.1, 0.15) is 33.2 Å². The lowest BCUT2D eigenvalue weighted by molar-refractivity contribution is 0.589. The summed E-state index contributed by atoms with van der Waals surface area (Å²) < 4.78 is 43.9. The average Bonchev–Trinajstić information content (AvgIpc) is 3.15. The molecule has 0 fully saturated rings. The molecule has 0 aliphatic heterocycles. The molecule has 0 aliphatic carbocycles. The summed E-state index contributed by atoms with van der Waals surface area (Å²) >= 11 is 0. The highest BCUT2D eigenvalue weighted by molar-refractivity contribution is 6.09. The number of benzene rings is 4. The first kappa shape index (κ1) is 13.0. The van der Waals surface area contributed by atoms with Crippen LogP contribution in [0.3, 0.4) is 0 Å². The molecule has 1 aromatic heterocycles. The lowest BCUT2D eigenvalue weighted by Gasteiger charge is -2.28. The minimum atomic E-state index is -0.380. The van der Waals surface area contributed by atoms with Crippen LogP contribution in [0, 0.1) is 0 Å². The zero-order valence-electron chi connectivity index (χ0n) is 21.8. The van der Waals surface area contributed by atoms with E-state index in [0.717, 1.165) is 33.1 Å². The molecule has 4 aromatic carbocycles. The van der Waals surface area contributed by atoms with E-state index in [-0.39, 0.29) is 41.2 Å². The van der Waals surface area contributed by atoms with Crippen molar-refractivity contribution in [1.82, 2.24) is 4.57 Å². The standard InChI is InChI=1S/C28H25N/c1-28(2,3)27-21(20-12-5-4-6-13-20)16-11-19-26(27)29-24-17-9-7-14-22(24)23-15-8-10-18-25(23)29/h4-19H,1-3H3/i4D,5D,6D,12D,13D. The SMILES string of the molecule is [2H]c1c([2H])c([2H])c(-c2cccc(-n3c4ccccc4c4ccccc43)c2C(C)(C)C)c([2H])c1[2H]. The summed E-state index contributed by atoms with van der Waals surface area (Å²) in [4.78, 5) is 0. The van der Waals surface area contributed by atoms with Gasteiger partial charge < -0.3 is 4.57 Å². The van der Waals surface area contributed by atoms with Gasteiger partial charge >= 0.3 is 0 Å². The quantitative estimate of drug-likeness (QED) is 0.295. The zero-order chi connectivity index (χ0) is 24.4. The molecular formula is C28H25N. The number of fused-ring (bicyclic) bond motifs is 3. The van der Waals surface area contributed by atoms with E-state index in [4.69, 9.17) is 6.85 Å². The molecule has 1 nitrogen and oxygen atoms in total. The smallest absolute Gasteiger partial charge is 0.0629 e. The molecule has 29 heavy (non-hydrogen) atoms. The van der Waals surface area contributed by atoms with Crippen molar-refractivity contribution in [2.45, 2.75) is 26.2 Å². The fourth-order valence-electron chi connectivity index (χ4n) is 4.29. The fourth-order valence-corrected chi connectivity index (χ4v) is 4.29. The Morgan fingerprint density at radius 1 is 0.690 bits per heavy atom. The third kappa shape index (κ3) is 2.86. The maximum atomic E-state index is 8.60. The van der Waals surface area contributed by atoms with Crippen LogP contribution < -0.4 is 0 Å². The van der Waals surface area contributed by atoms with Crippen molar-refractivity contribution in [3.05, 3.63) is 103 Å². The first-order chi connectivity index (χ1) is 16.1. The second-order valence-electron chi connectivity index (χ2n) is 8.32. The van der Waals surface area contributed by atoms with Gasteiger partial charge in [0, 0.05) is 10.8 Å². The van der Waals surface area contributed by atoms with Gasteiger partial charge in [-0.15, -0.1) is 0 Å². The van der Waals surface area contributed by atoms with Crippen LogP contribution in [0.5, 0.6) is 0 Å². The molecule has 142 valence electrons. The van der Waals surface area contributed by atoms with Crippen LogP contribution in [0.15, 0.2) is 96.9 Å². The highest BCUT2D eigenvalue weighted by Crippen LogP contribution is 2.40. The summed E-state index contributed by atoms with van der Waals surface area (Å²) in [5.74, 6) is 0. The van der Waals surface area contributed by atoms with Crippen LogP contribution in [0.2, 0.25) is 0 Å². The molecule has 0 amide bonds. The largest absolute Gasteiger partial charge is 0.309 e. The fraction of sp³-hybridized carbons (Fsp3) is 0.143. The second-order valence-corrected chi connectivity index (χ2v) is 8.32. The van der Waals surface area contributed by atoms with Crippen molar-refractivity contribution in [3.63, 3.8) is 0 Å². The van der Waals surface area contributed by atoms with Gasteiger partial charge in [0.05, 0.1) is 23.6 Å². The lowest BCUT2D eigenvalue weighted by atomic mass is 9.80. The van der Waals surface area contributed by atoms with E-state index in [0.29, 0.717) is 5.56 Å². The topological polar surface area (TPSA) is 4.93 Å². The Labute approximate surface area is 179 Å². The Kier molecular flexibility index (Phi) is 2.97. The monoisotopic (exact) mass is 380 g/mol. The van der Waals surface area contributed by atoms with Crippen LogP contribution in [-0.4, -0.2) is 4.57 Å². The van der Waals surface area contributed by atoms with Crippen molar-refractivity contribution in [1.29, 1.82) is 0 Å². The maximum Gasteiger partial charge on any atom is 0.0629 e. The van der Waals surface area contributed by atoms with Gasteiger partial charge in [-0.2, -0.15) is 0 Å². The molecule has 0 aliphatic rings. The van der Waals surface area contributed by atoms with E-state index in [1.807, 2.05) is 36.4 Å². The Morgan fingerprint density at radius 2 is 1.28 bits per heavy atom. The van der Waals surface area contributed by atoms with Crippen molar-refractivity contribution in [2.24, 2.45) is 0 Å². The van der Waals surface area contributed by atoms with Crippen molar-refractivity contribution in [2.75, 3.05) is 0 Å². The maximum absolute atomic E-state index is 8.60. The minimum Gasteiger partial charge on any atom is -0.309 e. The summed E-state index contributed by atoms with van der Waals surface area (Å²) in [5.41, 5.74) is 4.51. The average molecular weight is 381 g/mol. The third-order valence-electron chi connectivity index (χ3n) is 5.38. The summed E-state index contributed by atoms with van der Waals surface area (Å²) in [7, 11) is 0. The number of hydrogen-bond acceptors (Lipinski definition) is 0. The van der Waals surface area contributed by atoms with Crippen molar-refractivity contribution in [3.8, 4) is 16.8 Å². The summed E-state index contributed by atoms with van der Waals surface area (Å²) in [6, 6.07) is 21.0. The number of hydrogen-bond donors (Lipinski definition) is 0. The Balaban J connectivity index is 1.96. The highest BCUT2D eigenvalue weighted by Gasteiger charge is 2.25. The van der Waals surface area contributed by atoms with Crippen LogP contribution in [0.4, 0.5) is 0 Å². The summed E-state index contributed by atoms with van der Waals surface area (Å²) in [5, 5.41) is 2.29. The number of nitrogens with zero attached hydrogens (tertiary/aromatic N) is 1. The van der Waals surface area contributed by atoms with Crippen LogP contribution in [-0.2, 0) is 5.41 Å². The Morgan fingerprint density at radius 3 is 1.86 bits per heavy atom. The molecule has 0 bridgehead atoms. The molecule has 0 unspecified atom stereocenters. The Hall–Kier alpha value is -3.32. The molecule has 0 spiro atoms. The van der Waals surface area contributed by atoms with E-state index in [1.54, 1.807) is 0 Å². The van der Waals surface area contributed by atoms with E-state index >= 15 is 0 Å². The Bertz CT molecular complexity index is 1510. The normalized spacial score (nSPS) is 14.4. The molecule has 0 saturated carbocycles. The van der Waals surface area contributed by atoms with E-state index < -0.39 is 0 Å². The van der Waals surface area contributed by atoms with Gasteiger partial charge in [-0.25, -0.2) is 0 Å². The van der Waals surface area contributed by atoms with Gasteiger partial charge in [-0.1, -0.05) is 99.5 Å². The van der Waals surface area contributed by atoms with Gasteiger partial charge in [0.15, 0.2) is 0 Å². The summed E-state index contributed by atoms with van der Waals surface area (Å²) in [6.45, 7) is 6.29. The second kappa shape index (κ2) is 6.63. The van der Waals surface area contributed by atoms with Gasteiger partial charge in [-0.3, -0.25) is 0 Å². The third-order valence-corrected chi connectivity index (χ3v) is 5.38. The number of aromatic nitrogens is 1. The lowest BCUT2D eigenvalue weighted by Crippen LogP contribution is -2.17. The van der Waals surface area contributed by atoms with Gasteiger partial charge in [0.2, 0.25) is 0 Å². The van der Waals surface area contributed by atoms with Crippen LogP contribution in [0.25, 0.3) is 38.6 Å². The van der Waals surface area contributed by atoms with Crippen molar-refractivity contribution < 1.29 is 6.85 Å². The molecule has 1 heteroatoms. The molecule has 0 atom stereocenters. The predicted molar refractivity (Wildman–Crippen MR) is 125 cm³/mol. The van der Waals surface area contributed by atoms with Gasteiger partial charge in [-0.05, 0) is 40.3 Å². The first-order valence-electron chi connectivity index (χ1n) is 12.3. The van der Waals surface area contributed by atoms with Crippen LogP contribution >= 0.6 is 0 Å². The van der Waals surface area contributed by atoms with Gasteiger partial charge in [0.25, 0.3) is 0 Å². The molecule has 5 aromatic rings. The number of para-hydroxylation sites is 2. The van der Waals surface area contributed by atoms with E-state index in [1.165, 1.54) is 0 Å². The highest BCUT2D eigenvalue weighted by atomic mass is 15.0. The number of rotatable bonds is 2. The van der Waals surface area contributed by atoms with E-state index in [9.17, 15) is 0 Å². The molecule has 0 radical (unpaired) electrons. The molecule has 1 heterocycles. The predicted octanol–water partition coefficient (Wildman–Crippen LogP) is 7.75. The molecule has 5 rings (SSSR count). The zero-order valence-corrected chi connectivity index (χ0v) is 16.8. The molecule has 0 saturated heterocycles.